The summed E-state index contributed by atoms with van der Waals surface area (Å²) in [7, 11) is 11.1. The van der Waals surface area contributed by atoms with Gasteiger partial charge in [0.25, 0.3) is 0 Å². The number of hydrogen-bond acceptors (Lipinski definition) is 2. The van der Waals surface area contributed by atoms with Gasteiger partial charge in [0.1, 0.15) is 0 Å². The van der Waals surface area contributed by atoms with Gasteiger partial charge < -0.3 is 10.4 Å². The molecule has 0 aromatic rings. The van der Waals surface area contributed by atoms with E-state index in [4.69, 9.17) is 20.8 Å². The Morgan fingerprint density at radius 1 is 1.38 bits per heavy atom. The zero-order chi connectivity index (χ0) is 10.7. The number of rotatable bonds is 4. The van der Waals surface area contributed by atoms with E-state index in [-0.39, 0.29) is 18.5 Å². The lowest BCUT2D eigenvalue weighted by Gasteiger charge is -2.29. The van der Waals surface area contributed by atoms with Gasteiger partial charge in [0.2, 0.25) is 0 Å². The van der Waals surface area contributed by atoms with E-state index in [1.807, 2.05) is 20.8 Å². The largest absolute Gasteiger partial charge is 0.481 e. The van der Waals surface area contributed by atoms with E-state index in [2.05, 4.69) is 5.32 Å². The van der Waals surface area contributed by atoms with Gasteiger partial charge in [-0.3, -0.25) is 4.79 Å². The Balaban J connectivity index is 3.96. The minimum absolute atomic E-state index is 0.109. The second-order valence-electron chi connectivity index (χ2n) is 4.41. The number of hydrogen-bond donors (Lipinski definition) is 2. The van der Waals surface area contributed by atoms with E-state index in [0.29, 0.717) is 0 Å². The molecule has 0 unspecified atom stereocenters. The zero-order valence-electron chi connectivity index (χ0n) is 8.42. The Kier molecular flexibility index (Phi) is 4.04. The zero-order valence-corrected chi connectivity index (χ0v) is 8.42. The van der Waals surface area contributed by atoms with Crippen molar-refractivity contribution in [2.45, 2.75) is 37.9 Å². The van der Waals surface area contributed by atoms with Crippen LogP contribution >= 0.6 is 0 Å². The van der Waals surface area contributed by atoms with Crippen molar-refractivity contribution in [3.63, 3.8) is 0 Å². The maximum absolute atomic E-state index is 10.4. The second-order valence-corrected chi connectivity index (χ2v) is 4.41. The molecule has 70 valence electrons. The van der Waals surface area contributed by atoms with E-state index in [9.17, 15) is 4.79 Å². The van der Waals surface area contributed by atoms with Crippen molar-refractivity contribution < 1.29 is 9.90 Å². The van der Waals surface area contributed by atoms with Gasteiger partial charge in [-0.15, -0.1) is 0 Å². The van der Waals surface area contributed by atoms with Crippen LogP contribution in [-0.2, 0) is 4.79 Å². The summed E-state index contributed by atoms with van der Waals surface area (Å²) in [4.78, 5) is 10.4. The number of aliphatic carboxylic acids is 1. The molecular weight excluding hydrogens is 164 g/mol. The molecule has 2 N–H and O–H groups in total. The summed E-state index contributed by atoms with van der Waals surface area (Å²) < 4.78 is 0. The molecule has 0 atom stereocenters. The molecule has 0 saturated heterocycles. The van der Waals surface area contributed by atoms with Gasteiger partial charge in [0.15, 0.2) is 0 Å². The Hall–Kier alpha value is -0.440. The van der Waals surface area contributed by atoms with E-state index in [1.165, 1.54) is 0 Å². The average Bonchev–Trinajstić information content (AvgIpc) is 1.79. The van der Waals surface area contributed by atoms with Gasteiger partial charge in [-0.25, -0.2) is 0 Å². The molecule has 0 rings (SSSR count). The van der Waals surface area contributed by atoms with E-state index in [0.717, 1.165) is 0 Å². The number of carboxylic acids is 1. The summed E-state index contributed by atoms with van der Waals surface area (Å²) in [5, 5.41) is 10.4. The third-order valence-corrected chi connectivity index (χ3v) is 1.43. The lowest BCUT2D eigenvalue weighted by molar-refractivity contribution is -0.137. The summed E-state index contributed by atoms with van der Waals surface area (Å²) in [6, 6.07) is 0. The fourth-order valence-corrected chi connectivity index (χ4v) is 0.774. The highest BCUT2D eigenvalue weighted by Crippen LogP contribution is 2.20. The highest BCUT2D eigenvalue weighted by molar-refractivity contribution is 6.40. The molecule has 0 aliphatic rings. The quantitative estimate of drug-likeness (QED) is 0.610. The van der Waals surface area contributed by atoms with Crippen LogP contribution in [0.15, 0.2) is 0 Å². The summed E-state index contributed by atoms with van der Waals surface area (Å²) in [5.41, 5.74) is -0.109. The molecule has 0 aliphatic carbocycles. The van der Waals surface area contributed by atoms with Crippen molar-refractivity contribution in [1.29, 1.82) is 0 Å². The topological polar surface area (TPSA) is 49.3 Å². The first-order valence-corrected chi connectivity index (χ1v) is 4.17. The van der Waals surface area contributed by atoms with Crippen molar-refractivity contribution in [1.82, 2.24) is 5.32 Å². The summed E-state index contributed by atoms with van der Waals surface area (Å²) >= 11 is 0. The van der Waals surface area contributed by atoms with Crippen LogP contribution in [0.2, 0.25) is 5.21 Å². The summed E-state index contributed by atoms with van der Waals surface area (Å²) in [6.07, 6.45) is -0.240. The van der Waals surface area contributed by atoms with Crippen LogP contribution in [0, 0.1) is 0 Å². The minimum atomic E-state index is -1.18. The standard InChI is InChI=1S/C8H15B2NO2/c1-7(2,3)11-5-8(9,10)4-6(12)13/h11H,4-5H2,1-3H3,(H,12,13). The maximum Gasteiger partial charge on any atom is 0.302 e. The van der Waals surface area contributed by atoms with Gasteiger partial charge in [0, 0.05) is 12.0 Å². The van der Waals surface area contributed by atoms with Crippen molar-refractivity contribution in [3.8, 4) is 0 Å². The Bertz CT molecular complexity index is 187. The van der Waals surface area contributed by atoms with Crippen LogP contribution in [0.1, 0.15) is 27.2 Å². The second kappa shape index (κ2) is 4.18. The lowest BCUT2D eigenvalue weighted by Crippen LogP contribution is -2.42. The van der Waals surface area contributed by atoms with Crippen molar-refractivity contribution in [2.75, 3.05) is 6.54 Å². The van der Waals surface area contributed by atoms with Crippen LogP contribution in [0.4, 0.5) is 0 Å². The van der Waals surface area contributed by atoms with Crippen molar-refractivity contribution in [2.24, 2.45) is 0 Å². The molecule has 13 heavy (non-hydrogen) atoms. The highest BCUT2D eigenvalue weighted by Gasteiger charge is 2.22. The van der Waals surface area contributed by atoms with Crippen LogP contribution in [-0.4, -0.2) is 38.9 Å². The minimum Gasteiger partial charge on any atom is -0.481 e. The smallest absolute Gasteiger partial charge is 0.302 e. The first-order valence-electron chi connectivity index (χ1n) is 4.17. The van der Waals surface area contributed by atoms with Crippen LogP contribution < -0.4 is 5.32 Å². The highest BCUT2D eigenvalue weighted by atomic mass is 16.4. The summed E-state index contributed by atoms with van der Waals surface area (Å²) in [5.74, 6) is -0.985. The molecule has 5 heteroatoms. The number of carboxylic acid groups (broad SMARTS) is 1. The molecule has 0 aromatic carbocycles. The van der Waals surface area contributed by atoms with Gasteiger partial charge in [-0.05, 0) is 27.3 Å². The molecule has 0 fully saturated rings. The molecule has 0 spiro atoms. The predicted octanol–water partition coefficient (Wildman–Crippen LogP) is 0.302. The molecule has 0 saturated carbocycles. The number of carbonyl (C=O) groups is 1. The van der Waals surface area contributed by atoms with Crippen LogP contribution in [0.3, 0.4) is 0 Å². The van der Waals surface area contributed by atoms with Crippen LogP contribution in [0.5, 0.6) is 0 Å². The molecule has 0 bridgehead atoms. The van der Waals surface area contributed by atoms with Crippen molar-refractivity contribution >= 4 is 21.7 Å². The van der Waals surface area contributed by atoms with Gasteiger partial charge in [-0.1, -0.05) is 5.21 Å². The Morgan fingerprint density at radius 2 is 1.85 bits per heavy atom. The first-order chi connectivity index (χ1) is 5.62. The van der Waals surface area contributed by atoms with E-state index >= 15 is 0 Å². The third kappa shape index (κ3) is 7.91. The van der Waals surface area contributed by atoms with E-state index < -0.39 is 11.2 Å². The Labute approximate surface area is 82.1 Å². The van der Waals surface area contributed by atoms with Crippen molar-refractivity contribution in [3.05, 3.63) is 0 Å². The Morgan fingerprint density at radius 3 is 2.15 bits per heavy atom. The van der Waals surface area contributed by atoms with Gasteiger partial charge >= 0.3 is 5.97 Å². The molecule has 4 radical (unpaired) electrons. The fraction of sp³-hybridized carbons (Fsp3) is 0.875. The van der Waals surface area contributed by atoms with Crippen LogP contribution in [0.25, 0.3) is 0 Å². The average molecular weight is 179 g/mol. The van der Waals surface area contributed by atoms with Gasteiger partial charge in [-0.2, -0.15) is 0 Å². The molecule has 0 amide bonds. The normalized spacial score (nSPS) is 12.8. The molecule has 0 aromatic heterocycles. The lowest BCUT2D eigenvalue weighted by atomic mass is 9.52. The van der Waals surface area contributed by atoms with E-state index in [1.54, 1.807) is 0 Å². The molecule has 0 heterocycles. The molecular formula is C8H15B2NO2. The monoisotopic (exact) mass is 179 g/mol. The predicted molar refractivity (Wildman–Crippen MR) is 54.2 cm³/mol. The first kappa shape index (κ1) is 12.6. The third-order valence-electron chi connectivity index (χ3n) is 1.43. The maximum atomic E-state index is 10.4. The molecule has 3 nitrogen and oxygen atoms in total. The SMILES string of the molecule is [B]C([B])(CNC(C)(C)C)CC(=O)O. The fourth-order valence-electron chi connectivity index (χ4n) is 0.774. The van der Waals surface area contributed by atoms with Gasteiger partial charge in [0.05, 0.1) is 15.7 Å². The number of nitrogens with one attached hydrogen (secondary N) is 1. The summed E-state index contributed by atoms with van der Waals surface area (Å²) in [6.45, 7) is 6.17. The molecule has 0 aliphatic heterocycles.